The highest BCUT2D eigenvalue weighted by Crippen LogP contribution is 2.39. The molecule has 8 nitrogen and oxygen atoms in total. The molecule has 34 heavy (non-hydrogen) atoms. The van der Waals surface area contributed by atoms with Gasteiger partial charge in [0.05, 0.1) is 33.3 Å². The van der Waals surface area contributed by atoms with E-state index in [1.807, 2.05) is 55.4 Å². The van der Waals surface area contributed by atoms with Gasteiger partial charge in [0.1, 0.15) is 12.2 Å². The summed E-state index contributed by atoms with van der Waals surface area (Å²) in [5.74, 6) is -0.859. The predicted octanol–water partition coefficient (Wildman–Crippen LogP) is 3.32. The number of nitrogens with zero attached hydrogens (tertiary/aromatic N) is 2. The minimum absolute atomic E-state index is 0.279. The first-order valence-corrected chi connectivity index (χ1v) is 12.0. The van der Waals surface area contributed by atoms with E-state index in [0.717, 1.165) is 0 Å². The van der Waals surface area contributed by atoms with Crippen LogP contribution in [0.25, 0.3) is 0 Å². The number of carbonyl (C=O) groups is 2. The van der Waals surface area contributed by atoms with E-state index in [2.05, 4.69) is 0 Å². The zero-order chi connectivity index (χ0) is 25.7. The smallest absolute Gasteiger partial charge is 0.338 e. The van der Waals surface area contributed by atoms with Crippen LogP contribution >= 0.6 is 0 Å². The number of carbonyl (C=O) groups excluding carboxylic acids is 2. The molecule has 0 radical (unpaired) electrons. The van der Waals surface area contributed by atoms with Crippen LogP contribution in [-0.2, 0) is 9.47 Å². The average Bonchev–Trinajstić information content (AvgIpc) is 2.69. The number of benzene rings is 1. The number of hydroxylamine groups is 4. The molecule has 2 aliphatic rings. The van der Waals surface area contributed by atoms with Gasteiger partial charge >= 0.3 is 11.9 Å². The lowest BCUT2D eigenvalue weighted by Gasteiger charge is -2.47. The number of hydrogen-bond acceptors (Lipinski definition) is 6. The SMILES string of the molecule is CC1(C)CC(OC(=O)c2ccc(C(=O)OC3CC(C)(C)N([OH2+])C(C)(C)C3)cc2)CC(C)(C)N1[OH2+]. The van der Waals surface area contributed by atoms with Crippen molar-refractivity contribution in [3.05, 3.63) is 35.4 Å². The third-order valence-corrected chi connectivity index (χ3v) is 7.23. The van der Waals surface area contributed by atoms with Crippen molar-refractivity contribution in [1.82, 2.24) is 10.1 Å². The Morgan fingerprint density at radius 3 is 1.12 bits per heavy atom. The number of ether oxygens (including phenoxy) is 2. The van der Waals surface area contributed by atoms with E-state index < -0.39 is 34.1 Å². The van der Waals surface area contributed by atoms with Gasteiger partial charge in [-0.05, 0) is 79.7 Å². The fourth-order valence-corrected chi connectivity index (χ4v) is 5.72. The third kappa shape index (κ3) is 5.46. The molecule has 2 heterocycles. The van der Waals surface area contributed by atoms with Crippen molar-refractivity contribution in [3.8, 4) is 0 Å². The van der Waals surface area contributed by atoms with Crippen LogP contribution in [0.15, 0.2) is 24.3 Å². The van der Waals surface area contributed by atoms with Gasteiger partial charge in [0, 0.05) is 25.7 Å². The Labute approximate surface area is 202 Å². The number of piperidine rings is 2. The molecule has 2 aliphatic heterocycles. The lowest BCUT2D eigenvalue weighted by molar-refractivity contribution is -0.256. The first kappa shape index (κ1) is 26.6. The van der Waals surface area contributed by atoms with Crippen LogP contribution in [0.5, 0.6) is 0 Å². The minimum Gasteiger partial charge on any atom is -0.459 e. The van der Waals surface area contributed by atoms with Gasteiger partial charge in [0.25, 0.3) is 0 Å². The van der Waals surface area contributed by atoms with Crippen molar-refractivity contribution in [1.29, 1.82) is 0 Å². The van der Waals surface area contributed by atoms with Gasteiger partial charge < -0.3 is 19.9 Å². The number of hydrogen-bond donors (Lipinski definition) is 0. The molecule has 8 heteroatoms. The zero-order valence-electron chi connectivity index (χ0n) is 21.8. The monoisotopic (exact) mass is 478 g/mol. The second-order valence-corrected chi connectivity index (χ2v) is 12.4. The molecule has 190 valence electrons. The van der Waals surface area contributed by atoms with Gasteiger partial charge in [-0.15, -0.1) is 0 Å². The highest BCUT2D eigenvalue weighted by atomic mass is 16.6. The molecule has 1 aromatic rings. The van der Waals surface area contributed by atoms with Crippen LogP contribution in [0.3, 0.4) is 0 Å². The van der Waals surface area contributed by atoms with Crippen LogP contribution in [0, 0.1) is 0 Å². The fourth-order valence-electron chi connectivity index (χ4n) is 5.72. The Balaban J connectivity index is 1.62. The molecule has 0 unspecified atom stereocenters. The maximum absolute atomic E-state index is 12.8. The fraction of sp³-hybridized carbons (Fsp3) is 0.692. The summed E-state index contributed by atoms with van der Waals surface area (Å²) in [6.45, 7) is 15.9. The van der Waals surface area contributed by atoms with Crippen molar-refractivity contribution in [3.63, 3.8) is 0 Å². The first-order chi connectivity index (χ1) is 15.4. The molecule has 2 fully saturated rings. The summed E-state index contributed by atoms with van der Waals surface area (Å²) in [5, 5.41) is 19.9. The molecule has 0 saturated carbocycles. The standard InChI is InChI=1S/C26H40N2O6/c1-23(2)13-19(14-24(3,4)27(23)31)33-21(29)17-9-11-18(12-10-17)22(30)34-20-15-25(5,6)28(32)26(7,8)16-20/h9-12,19-20,31-32H,13-16H2,1-8H3/p+2. The molecule has 0 atom stereocenters. The summed E-state index contributed by atoms with van der Waals surface area (Å²) in [6.07, 6.45) is 1.77. The van der Waals surface area contributed by atoms with Crippen molar-refractivity contribution >= 4 is 11.9 Å². The van der Waals surface area contributed by atoms with E-state index in [-0.39, 0.29) is 12.2 Å². The minimum atomic E-state index is -0.429. The maximum atomic E-state index is 12.8. The lowest BCUT2D eigenvalue weighted by atomic mass is 9.80. The molecule has 2 saturated heterocycles. The largest absolute Gasteiger partial charge is 0.459 e. The van der Waals surface area contributed by atoms with Crippen LogP contribution in [0.2, 0.25) is 0 Å². The van der Waals surface area contributed by atoms with Crippen molar-refractivity contribution < 1.29 is 29.5 Å². The quantitative estimate of drug-likeness (QED) is 0.486. The van der Waals surface area contributed by atoms with Gasteiger partial charge in [0.15, 0.2) is 0 Å². The average molecular weight is 479 g/mol. The maximum Gasteiger partial charge on any atom is 0.338 e. The van der Waals surface area contributed by atoms with E-state index >= 15 is 0 Å². The highest BCUT2D eigenvalue weighted by Gasteiger charge is 2.51. The molecule has 0 amide bonds. The summed E-state index contributed by atoms with van der Waals surface area (Å²) in [7, 11) is 0. The van der Waals surface area contributed by atoms with Crippen LogP contribution in [0.4, 0.5) is 0 Å². The Bertz CT molecular complexity index is 811. The summed E-state index contributed by atoms with van der Waals surface area (Å²) in [6, 6.07) is 6.37. The lowest BCUT2D eigenvalue weighted by Crippen LogP contribution is -2.60. The summed E-state index contributed by atoms with van der Waals surface area (Å²) < 4.78 is 11.6. The third-order valence-electron chi connectivity index (χ3n) is 7.23. The van der Waals surface area contributed by atoms with E-state index in [1.165, 1.54) is 0 Å². The summed E-state index contributed by atoms with van der Waals surface area (Å²) in [4.78, 5) is 25.5. The normalized spacial score (nSPS) is 25.0. The Morgan fingerprint density at radius 1 is 0.647 bits per heavy atom. The first-order valence-electron chi connectivity index (χ1n) is 12.0. The summed E-state index contributed by atoms with van der Waals surface area (Å²) in [5.41, 5.74) is -0.853. The van der Waals surface area contributed by atoms with Crippen molar-refractivity contribution in [2.24, 2.45) is 0 Å². The molecule has 0 aromatic heterocycles. The van der Waals surface area contributed by atoms with Gasteiger partial charge in [0.2, 0.25) is 0 Å². The van der Waals surface area contributed by atoms with Gasteiger partial charge in [-0.1, -0.05) is 10.1 Å². The second kappa shape index (κ2) is 8.90. The Hall–Kier alpha value is -2.00. The molecule has 1 aromatic carbocycles. The van der Waals surface area contributed by atoms with Crippen molar-refractivity contribution in [2.75, 3.05) is 0 Å². The van der Waals surface area contributed by atoms with E-state index in [0.29, 0.717) is 36.8 Å². The molecular weight excluding hydrogens is 436 g/mol. The molecule has 0 bridgehead atoms. The Morgan fingerprint density at radius 2 is 0.882 bits per heavy atom. The number of esters is 2. The summed E-state index contributed by atoms with van der Waals surface area (Å²) >= 11 is 0. The molecular formula is C26H42N2O6+2. The van der Waals surface area contributed by atoms with Crippen molar-refractivity contribution in [2.45, 2.75) is 115 Å². The van der Waals surface area contributed by atoms with E-state index in [1.54, 1.807) is 34.4 Å². The van der Waals surface area contributed by atoms with Gasteiger partial charge in [-0.25, -0.2) is 9.59 Å². The molecule has 3 rings (SSSR count). The van der Waals surface area contributed by atoms with Crippen LogP contribution < -0.4 is 0 Å². The zero-order valence-corrected chi connectivity index (χ0v) is 21.8. The topological polar surface area (TPSA) is 105 Å². The molecule has 4 N–H and O–H groups in total. The van der Waals surface area contributed by atoms with Crippen LogP contribution in [0.1, 0.15) is 102 Å². The van der Waals surface area contributed by atoms with E-state index in [4.69, 9.17) is 19.9 Å². The predicted molar refractivity (Wildman–Crippen MR) is 131 cm³/mol. The Kier molecular flexibility index (Phi) is 6.96. The highest BCUT2D eigenvalue weighted by molar-refractivity contribution is 5.93. The van der Waals surface area contributed by atoms with Gasteiger partial charge in [-0.3, -0.25) is 0 Å². The number of rotatable bonds is 4. The second-order valence-electron chi connectivity index (χ2n) is 12.4. The van der Waals surface area contributed by atoms with E-state index in [9.17, 15) is 9.59 Å². The van der Waals surface area contributed by atoms with Gasteiger partial charge in [-0.2, -0.15) is 0 Å². The van der Waals surface area contributed by atoms with Crippen LogP contribution in [-0.4, -0.2) is 66.8 Å². The molecule has 0 aliphatic carbocycles. The molecule has 0 spiro atoms.